The highest BCUT2D eigenvalue weighted by Gasteiger charge is 2.38. The fourth-order valence-electron chi connectivity index (χ4n) is 4.62. The SMILES string of the molecule is CCCN1CCCCC12C=Cc1cc(OCc3cccc(C#N)c3)ccc1C2.Cl. The van der Waals surface area contributed by atoms with Crippen LogP contribution in [0.25, 0.3) is 6.08 Å². The van der Waals surface area contributed by atoms with E-state index in [0.29, 0.717) is 12.2 Å². The van der Waals surface area contributed by atoms with Crippen molar-refractivity contribution in [3.8, 4) is 11.8 Å². The van der Waals surface area contributed by atoms with Gasteiger partial charge in [-0.3, -0.25) is 4.90 Å². The smallest absolute Gasteiger partial charge is 0.120 e. The summed E-state index contributed by atoms with van der Waals surface area (Å²) >= 11 is 0. The van der Waals surface area contributed by atoms with E-state index in [1.807, 2.05) is 24.3 Å². The Balaban J connectivity index is 0.00000240. The standard InChI is InChI=1S/C25H28N2O.ClH/c1-2-13-27-14-4-3-11-25(27)12-10-22-16-24(9-8-23(22)17-25)28-19-21-7-5-6-20(15-21)18-26;/h5-10,12,15-16H,2-4,11,13-14,17,19H2,1H3;1H. The molecule has 1 saturated heterocycles. The first-order valence-electron chi connectivity index (χ1n) is 10.4. The van der Waals surface area contributed by atoms with Crippen LogP contribution in [0.2, 0.25) is 0 Å². The lowest BCUT2D eigenvalue weighted by atomic mass is 9.76. The quantitative estimate of drug-likeness (QED) is 0.630. The predicted octanol–water partition coefficient (Wildman–Crippen LogP) is 5.76. The summed E-state index contributed by atoms with van der Waals surface area (Å²) in [5, 5.41) is 9.04. The number of nitriles is 1. The summed E-state index contributed by atoms with van der Waals surface area (Å²) in [7, 11) is 0. The van der Waals surface area contributed by atoms with E-state index in [9.17, 15) is 0 Å². The predicted molar refractivity (Wildman–Crippen MR) is 120 cm³/mol. The Bertz CT molecular complexity index is 915. The first kappa shape index (κ1) is 21.4. The summed E-state index contributed by atoms with van der Waals surface area (Å²) in [4.78, 5) is 2.70. The van der Waals surface area contributed by atoms with Crippen LogP contribution in [0.15, 0.2) is 48.5 Å². The zero-order chi connectivity index (χ0) is 19.4. The first-order valence-corrected chi connectivity index (χ1v) is 10.4. The summed E-state index contributed by atoms with van der Waals surface area (Å²) < 4.78 is 6.00. The molecule has 0 saturated carbocycles. The third-order valence-electron chi connectivity index (χ3n) is 6.06. The van der Waals surface area contributed by atoms with Gasteiger partial charge in [0.2, 0.25) is 0 Å². The van der Waals surface area contributed by atoms with Crippen molar-refractivity contribution >= 4 is 18.5 Å². The molecule has 4 heteroatoms. The van der Waals surface area contributed by atoms with Crippen LogP contribution >= 0.6 is 12.4 Å². The molecular formula is C25H29ClN2O. The number of halogens is 1. The van der Waals surface area contributed by atoms with Gasteiger partial charge in [-0.25, -0.2) is 0 Å². The van der Waals surface area contributed by atoms with Gasteiger partial charge in [-0.15, -0.1) is 12.4 Å². The van der Waals surface area contributed by atoms with Crippen molar-refractivity contribution in [1.29, 1.82) is 5.26 Å². The number of nitrogens with zero attached hydrogens (tertiary/aromatic N) is 2. The van der Waals surface area contributed by atoms with Crippen LogP contribution in [0, 0.1) is 11.3 Å². The van der Waals surface area contributed by atoms with Gasteiger partial charge in [-0.1, -0.05) is 43.7 Å². The zero-order valence-corrected chi connectivity index (χ0v) is 17.9. The molecule has 1 fully saturated rings. The first-order chi connectivity index (χ1) is 13.7. The summed E-state index contributed by atoms with van der Waals surface area (Å²) in [5.74, 6) is 0.885. The zero-order valence-electron chi connectivity index (χ0n) is 17.1. The van der Waals surface area contributed by atoms with Crippen LogP contribution in [-0.2, 0) is 13.0 Å². The molecule has 1 aliphatic carbocycles. The Morgan fingerprint density at radius 3 is 2.90 bits per heavy atom. The topological polar surface area (TPSA) is 36.3 Å². The maximum absolute atomic E-state index is 9.04. The molecule has 152 valence electrons. The highest BCUT2D eigenvalue weighted by atomic mass is 35.5. The van der Waals surface area contributed by atoms with Gasteiger partial charge < -0.3 is 4.74 Å². The third-order valence-corrected chi connectivity index (χ3v) is 6.06. The number of rotatable bonds is 5. The number of likely N-dealkylation sites (tertiary alicyclic amines) is 1. The van der Waals surface area contributed by atoms with Crippen molar-refractivity contribution in [2.45, 2.75) is 51.2 Å². The number of ether oxygens (including phenoxy) is 1. The second-order valence-electron chi connectivity index (χ2n) is 8.02. The highest BCUT2D eigenvalue weighted by Crippen LogP contribution is 2.38. The van der Waals surface area contributed by atoms with E-state index in [1.165, 1.54) is 49.9 Å². The number of piperidine rings is 1. The molecule has 1 heterocycles. The third kappa shape index (κ3) is 4.66. The number of hydrogen-bond acceptors (Lipinski definition) is 3. The van der Waals surface area contributed by atoms with E-state index in [2.05, 4.69) is 48.2 Å². The average Bonchev–Trinajstić information content (AvgIpc) is 2.74. The molecule has 1 atom stereocenters. The lowest BCUT2D eigenvalue weighted by Gasteiger charge is -2.47. The van der Waals surface area contributed by atoms with Gasteiger partial charge in [-0.2, -0.15) is 5.26 Å². The normalized spacial score (nSPS) is 20.6. The van der Waals surface area contributed by atoms with Crippen LogP contribution < -0.4 is 4.74 Å². The van der Waals surface area contributed by atoms with E-state index < -0.39 is 0 Å². The Morgan fingerprint density at radius 1 is 1.17 bits per heavy atom. The van der Waals surface area contributed by atoms with Gasteiger partial charge >= 0.3 is 0 Å². The molecule has 0 aromatic heterocycles. The van der Waals surface area contributed by atoms with Gasteiger partial charge in [0.25, 0.3) is 0 Å². The van der Waals surface area contributed by atoms with Crippen LogP contribution in [0.4, 0.5) is 0 Å². The Hall–Kier alpha value is -2.28. The Labute approximate surface area is 180 Å². The molecule has 1 aliphatic heterocycles. The fraction of sp³-hybridized carbons (Fsp3) is 0.400. The second kappa shape index (κ2) is 9.48. The largest absolute Gasteiger partial charge is 0.489 e. The maximum atomic E-state index is 9.04. The molecule has 1 spiro atoms. The summed E-state index contributed by atoms with van der Waals surface area (Å²) in [5.41, 5.74) is 4.59. The van der Waals surface area contributed by atoms with Crippen molar-refractivity contribution in [2.75, 3.05) is 13.1 Å². The van der Waals surface area contributed by atoms with E-state index in [1.54, 1.807) is 0 Å². The minimum atomic E-state index is 0. The molecule has 1 unspecified atom stereocenters. The number of fused-ring (bicyclic) bond motifs is 1. The van der Waals surface area contributed by atoms with Gasteiger partial charge in [0.05, 0.1) is 11.6 Å². The van der Waals surface area contributed by atoms with E-state index in [0.717, 1.165) is 17.7 Å². The van der Waals surface area contributed by atoms with Crippen molar-refractivity contribution < 1.29 is 4.74 Å². The van der Waals surface area contributed by atoms with E-state index >= 15 is 0 Å². The Morgan fingerprint density at radius 2 is 2.07 bits per heavy atom. The van der Waals surface area contributed by atoms with E-state index in [4.69, 9.17) is 10.00 Å². The number of benzene rings is 2. The molecule has 2 aliphatic rings. The van der Waals surface area contributed by atoms with Crippen molar-refractivity contribution in [1.82, 2.24) is 4.90 Å². The lowest BCUT2D eigenvalue weighted by molar-refractivity contribution is 0.0853. The van der Waals surface area contributed by atoms with Gasteiger partial charge in [0.15, 0.2) is 0 Å². The van der Waals surface area contributed by atoms with Crippen LogP contribution in [0.5, 0.6) is 5.75 Å². The van der Waals surface area contributed by atoms with Crippen molar-refractivity contribution in [3.63, 3.8) is 0 Å². The fourth-order valence-corrected chi connectivity index (χ4v) is 4.62. The van der Waals surface area contributed by atoms with Gasteiger partial charge in [-0.05, 0) is 79.7 Å². The monoisotopic (exact) mass is 408 g/mol. The summed E-state index contributed by atoms with van der Waals surface area (Å²) in [6.45, 7) is 5.16. The molecule has 2 aromatic carbocycles. The van der Waals surface area contributed by atoms with Gasteiger partial charge in [0.1, 0.15) is 12.4 Å². The van der Waals surface area contributed by atoms with Crippen molar-refractivity contribution in [2.24, 2.45) is 0 Å². The molecular weight excluding hydrogens is 380 g/mol. The molecule has 29 heavy (non-hydrogen) atoms. The maximum Gasteiger partial charge on any atom is 0.120 e. The highest BCUT2D eigenvalue weighted by molar-refractivity contribution is 5.85. The minimum absolute atomic E-state index is 0. The van der Waals surface area contributed by atoms with Gasteiger partial charge in [0, 0.05) is 5.54 Å². The van der Waals surface area contributed by atoms with E-state index in [-0.39, 0.29) is 17.9 Å². The summed E-state index contributed by atoms with van der Waals surface area (Å²) in [6, 6.07) is 16.3. The molecule has 0 bridgehead atoms. The molecule has 3 nitrogen and oxygen atoms in total. The Kier molecular flexibility index (Phi) is 7.00. The second-order valence-corrected chi connectivity index (χ2v) is 8.02. The van der Waals surface area contributed by atoms with Crippen molar-refractivity contribution in [3.05, 3.63) is 70.8 Å². The summed E-state index contributed by atoms with van der Waals surface area (Å²) in [6.07, 6.45) is 11.0. The molecule has 0 amide bonds. The number of hydrogen-bond donors (Lipinski definition) is 0. The van der Waals surface area contributed by atoms with Crippen LogP contribution in [-0.4, -0.2) is 23.5 Å². The molecule has 0 N–H and O–H groups in total. The lowest BCUT2D eigenvalue weighted by Crippen LogP contribution is -2.53. The van der Waals surface area contributed by atoms with Crippen LogP contribution in [0.1, 0.15) is 54.9 Å². The molecule has 0 radical (unpaired) electrons. The molecule has 2 aromatic rings. The molecule has 4 rings (SSSR count). The minimum Gasteiger partial charge on any atom is -0.489 e. The van der Waals surface area contributed by atoms with Crippen LogP contribution in [0.3, 0.4) is 0 Å². The average molecular weight is 409 g/mol.